The minimum Gasteiger partial charge on any atom is -0.326 e. The van der Waals surface area contributed by atoms with Crippen molar-refractivity contribution in [2.24, 2.45) is 5.92 Å². The van der Waals surface area contributed by atoms with Crippen molar-refractivity contribution in [3.8, 4) is 0 Å². The van der Waals surface area contributed by atoms with Gasteiger partial charge in [0.1, 0.15) is 0 Å². The van der Waals surface area contributed by atoms with E-state index in [9.17, 15) is 13.2 Å². The first-order valence-electron chi connectivity index (χ1n) is 5.83. The highest BCUT2D eigenvalue weighted by Crippen LogP contribution is 2.22. The summed E-state index contributed by atoms with van der Waals surface area (Å²) < 4.78 is 22.5. The van der Waals surface area contributed by atoms with E-state index in [2.05, 4.69) is 5.32 Å². The predicted molar refractivity (Wildman–Crippen MR) is 75.9 cm³/mol. The number of anilines is 1. The van der Waals surface area contributed by atoms with Crippen LogP contribution in [0.5, 0.6) is 0 Å². The number of sulfone groups is 1. The van der Waals surface area contributed by atoms with Crippen LogP contribution in [0.2, 0.25) is 5.02 Å². The van der Waals surface area contributed by atoms with Gasteiger partial charge in [0.15, 0.2) is 9.84 Å². The number of benzene rings is 1. The summed E-state index contributed by atoms with van der Waals surface area (Å²) in [5.74, 6) is -0.448. The molecule has 1 atom stereocenters. The van der Waals surface area contributed by atoms with E-state index < -0.39 is 9.84 Å². The second kappa shape index (κ2) is 5.35. The molecule has 1 N–H and O–H groups in total. The van der Waals surface area contributed by atoms with Gasteiger partial charge in [-0.3, -0.25) is 4.79 Å². The van der Waals surface area contributed by atoms with Crippen LogP contribution >= 0.6 is 11.6 Å². The van der Waals surface area contributed by atoms with Crippen LogP contribution in [0.15, 0.2) is 29.7 Å². The summed E-state index contributed by atoms with van der Waals surface area (Å²) in [4.78, 5) is 11.9. The van der Waals surface area contributed by atoms with Crippen molar-refractivity contribution in [3.63, 3.8) is 0 Å². The number of halogens is 1. The minimum absolute atomic E-state index is 0.00888. The Hall–Kier alpha value is -1.33. The van der Waals surface area contributed by atoms with Gasteiger partial charge in [-0.1, -0.05) is 23.7 Å². The van der Waals surface area contributed by atoms with E-state index in [1.165, 1.54) is 5.41 Å². The normalized spacial score (nSPS) is 20.4. The molecule has 0 spiro atoms. The van der Waals surface area contributed by atoms with E-state index in [4.69, 9.17) is 11.6 Å². The SMILES string of the molecule is Cc1ccc(Cl)cc1NC(=O)CC1C=CS(=O)(=O)C1. The fraction of sp³-hybridized carbons (Fsp3) is 0.308. The van der Waals surface area contributed by atoms with E-state index in [1.807, 2.05) is 13.0 Å². The molecule has 2 rings (SSSR count). The first kappa shape index (κ1) is 14.1. The molecule has 1 aliphatic heterocycles. The maximum absolute atomic E-state index is 11.9. The van der Waals surface area contributed by atoms with Gasteiger partial charge in [-0.05, 0) is 24.6 Å². The molecule has 6 heteroatoms. The highest BCUT2D eigenvalue weighted by molar-refractivity contribution is 7.94. The zero-order valence-electron chi connectivity index (χ0n) is 10.4. The van der Waals surface area contributed by atoms with Gasteiger partial charge in [0.05, 0.1) is 5.75 Å². The van der Waals surface area contributed by atoms with Crippen LogP contribution < -0.4 is 5.32 Å². The van der Waals surface area contributed by atoms with Gasteiger partial charge in [0.2, 0.25) is 5.91 Å². The molecule has 0 saturated carbocycles. The summed E-state index contributed by atoms with van der Waals surface area (Å²) in [5.41, 5.74) is 1.56. The van der Waals surface area contributed by atoms with Gasteiger partial charge < -0.3 is 5.32 Å². The van der Waals surface area contributed by atoms with Gasteiger partial charge in [-0.2, -0.15) is 0 Å². The quantitative estimate of drug-likeness (QED) is 0.933. The summed E-state index contributed by atoms with van der Waals surface area (Å²) in [6.45, 7) is 1.87. The van der Waals surface area contributed by atoms with Crippen molar-refractivity contribution in [2.45, 2.75) is 13.3 Å². The lowest BCUT2D eigenvalue weighted by Crippen LogP contribution is -2.18. The largest absolute Gasteiger partial charge is 0.326 e. The Bertz CT molecular complexity index is 637. The van der Waals surface area contributed by atoms with Gasteiger partial charge in [0.25, 0.3) is 0 Å². The number of hydrogen-bond donors (Lipinski definition) is 1. The molecular weight excluding hydrogens is 286 g/mol. The number of hydrogen-bond acceptors (Lipinski definition) is 3. The summed E-state index contributed by atoms with van der Waals surface area (Å²) in [6.07, 6.45) is 1.72. The molecule has 0 fully saturated rings. The van der Waals surface area contributed by atoms with Crippen molar-refractivity contribution >= 4 is 33.0 Å². The molecule has 0 radical (unpaired) electrons. The van der Waals surface area contributed by atoms with Crippen LogP contribution in [0.1, 0.15) is 12.0 Å². The molecule has 0 saturated heterocycles. The van der Waals surface area contributed by atoms with Crippen molar-refractivity contribution in [2.75, 3.05) is 11.1 Å². The highest BCUT2D eigenvalue weighted by atomic mass is 35.5. The minimum atomic E-state index is -3.11. The molecule has 0 aromatic heterocycles. The smallest absolute Gasteiger partial charge is 0.225 e. The van der Waals surface area contributed by atoms with Crippen LogP contribution in [0, 0.1) is 12.8 Å². The Kier molecular flexibility index (Phi) is 3.96. The monoisotopic (exact) mass is 299 g/mol. The average Bonchev–Trinajstić information content (AvgIpc) is 2.63. The number of amides is 1. The Morgan fingerprint density at radius 3 is 2.84 bits per heavy atom. The van der Waals surface area contributed by atoms with E-state index in [-0.39, 0.29) is 24.0 Å². The number of carbonyl (C=O) groups excluding carboxylic acids is 1. The lowest BCUT2D eigenvalue weighted by molar-refractivity contribution is -0.116. The zero-order chi connectivity index (χ0) is 14.0. The van der Waals surface area contributed by atoms with Crippen LogP contribution in [-0.2, 0) is 14.6 Å². The third-order valence-corrected chi connectivity index (χ3v) is 4.63. The van der Waals surface area contributed by atoms with Crippen LogP contribution in [0.3, 0.4) is 0 Å². The van der Waals surface area contributed by atoms with E-state index in [1.54, 1.807) is 18.2 Å². The van der Waals surface area contributed by atoms with Gasteiger partial charge in [-0.25, -0.2) is 8.42 Å². The lowest BCUT2D eigenvalue weighted by atomic mass is 10.1. The molecule has 1 amide bonds. The second-order valence-electron chi connectivity index (χ2n) is 4.63. The zero-order valence-corrected chi connectivity index (χ0v) is 12.0. The molecule has 1 aromatic carbocycles. The van der Waals surface area contributed by atoms with Crippen molar-refractivity contribution in [1.29, 1.82) is 0 Å². The van der Waals surface area contributed by atoms with E-state index in [0.717, 1.165) is 5.56 Å². The van der Waals surface area contributed by atoms with Gasteiger partial charge >= 0.3 is 0 Å². The molecular formula is C13H14ClNO3S. The van der Waals surface area contributed by atoms with Gasteiger partial charge in [-0.15, -0.1) is 0 Å². The highest BCUT2D eigenvalue weighted by Gasteiger charge is 2.23. The predicted octanol–water partition coefficient (Wildman–Crippen LogP) is 2.54. The van der Waals surface area contributed by atoms with Gasteiger partial charge in [0, 0.05) is 28.5 Å². The number of aryl methyl sites for hydroxylation is 1. The molecule has 1 heterocycles. The van der Waals surface area contributed by atoms with Crippen molar-refractivity contribution < 1.29 is 13.2 Å². The first-order chi connectivity index (χ1) is 8.85. The fourth-order valence-electron chi connectivity index (χ4n) is 1.94. The Morgan fingerprint density at radius 2 is 2.21 bits per heavy atom. The third kappa shape index (κ3) is 3.81. The fourth-order valence-corrected chi connectivity index (χ4v) is 3.51. The third-order valence-electron chi connectivity index (χ3n) is 2.93. The summed E-state index contributed by atoms with van der Waals surface area (Å²) >= 11 is 5.87. The molecule has 0 bridgehead atoms. The Balaban J connectivity index is 1.99. The molecule has 102 valence electrons. The number of allylic oxidation sites excluding steroid dienone is 1. The van der Waals surface area contributed by atoms with Crippen molar-refractivity contribution in [3.05, 3.63) is 40.3 Å². The average molecular weight is 300 g/mol. The molecule has 1 aromatic rings. The molecule has 4 nitrogen and oxygen atoms in total. The van der Waals surface area contributed by atoms with Crippen LogP contribution in [0.4, 0.5) is 5.69 Å². The summed E-state index contributed by atoms with van der Waals surface area (Å²) in [7, 11) is -3.11. The standard InChI is InChI=1S/C13H14ClNO3S/c1-9-2-3-11(14)7-12(9)15-13(16)6-10-4-5-19(17,18)8-10/h2-5,7,10H,6,8H2,1H3,(H,15,16). The van der Waals surface area contributed by atoms with E-state index >= 15 is 0 Å². The van der Waals surface area contributed by atoms with Crippen molar-refractivity contribution in [1.82, 2.24) is 0 Å². The molecule has 1 aliphatic rings. The summed E-state index contributed by atoms with van der Waals surface area (Å²) in [5, 5.41) is 4.47. The Labute approximate surface area is 117 Å². The second-order valence-corrected chi connectivity index (χ2v) is 7.00. The lowest BCUT2D eigenvalue weighted by Gasteiger charge is -2.10. The molecule has 0 aliphatic carbocycles. The maximum atomic E-state index is 11.9. The first-order valence-corrected chi connectivity index (χ1v) is 7.92. The number of nitrogens with one attached hydrogen (secondary N) is 1. The maximum Gasteiger partial charge on any atom is 0.225 e. The molecule has 19 heavy (non-hydrogen) atoms. The number of carbonyl (C=O) groups is 1. The van der Waals surface area contributed by atoms with E-state index in [0.29, 0.717) is 10.7 Å². The number of rotatable bonds is 3. The topological polar surface area (TPSA) is 63.2 Å². The summed E-state index contributed by atoms with van der Waals surface area (Å²) in [6, 6.07) is 5.24. The molecule has 1 unspecified atom stereocenters. The Morgan fingerprint density at radius 1 is 1.47 bits per heavy atom. The van der Waals surface area contributed by atoms with Crippen LogP contribution in [-0.4, -0.2) is 20.1 Å². The van der Waals surface area contributed by atoms with Crippen LogP contribution in [0.25, 0.3) is 0 Å².